The lowest BCUT2D eigenvalue weighted by Gasteiger charge is -2.08. The summed E-state index contributed by atoms with van der Waals surface area (Å²) in [7, 11) is 0. The lowest BCUT2D eigenvalue weighted by Crippen LogP contribution is -2.07. The fraction of sp³-hybridized carbons (Fsp3) is 0.333. The molecular weight excluding hydrogens is 375 g/mol. The number of nitrogens with zero attached hydrogens (tertiary/aromatic N) is 1. The Labute approximate surface area is 148 Å². The minimum absolute atomic E-state index is 0.0629. The van der Waals surface area contributed by atoms with E-state index in [0.29, 0.717) is 18.7 Å². The van der Waals surface area contributed by atoms with E-state index in [-0.39, 0.29) is 23.6 Å². The number of anilines is 1. The lowest BCUT2D eigenvalue weighted by molar-refractivity contribution is -0.144. The van der Waals surface area contributed by atoms with Crippen LogP contribution in [0.1, 0.15) is 30.5 Å². The van der Waals surface area contributed by atoms with Gasteiger partial charge in [0, 0.05) is 28.2 Å². The Morgan fingerprint density at radius 1 is 1.42 bits per heavy atom. The SMILES string of the molecule is CCOC(=O)[C@@H]1C[C@H]1c1ccc(NCc2cc(Br)ccc2F)cn1. The Bertz CT molecular complexity index is 736. The second-order valence-electron chi connectivity index (χ2n) is 5.76. The Kier molecular flexibility index (Phi) is 5.14. The molecule has 3 rings (SSSR count). The molecule has 1 aliphatic rings. The molecular formula is C18H18BrFN2O2. The molecule has 0 bridgehead atoms. The van der Waals surface area contributed by atoms with E-state index in [1.165, 1.54) is 6.07 Å². The third kappa shape index (κ3) is 3.93. The molecule has 1 N–H and O–H groups in total. The summed E-state index contributed by atoms with van der Waals surface area (Å²) < 4.78 is 19.6. The van der Waals surface area contributed by atoms with Crippen molar-refractivity contribution in [2.75, 3.05) is 11.9 Å². The Morgan fingerprint density at radius 3 is 2.96 bits per heavy atom. The van der Waals surface area contributed by atoms with Gasteiger partial charge >= 0.3 is 5.97 Å². The largest absolute Gasteiger partial charge is 0.466 e. The van der Waals surface area contributed by atoms with Crippen LogP contribution >= 0.6 is 15.9 Å². The summed E-state index contributed by atoms with van der Waals surface area (Å²) in [6.45, 7) is 2.59. The van der Waals surface area contributed by atoms with E-state index in [4.69, 9.17) is 4.74 Å². The van der Waals surface area contributed by atoms with Gasteiger partial charge in [-0.25, -0.2) is 4.39 Å². The van der Waals surface area contributed by atoms with E-state index in [0.717, 1.165) is 22.3 Å². The highest BCUT2D eigenvalue weighted by atomic mass is 79.9. The predicted molar refractivity (Wildman–Crippen MR) is 93.1 cm³/mol. The summed E-state index contributed by atoms with van der Waals surface area (Å²) in [5, 5.41) is 3.15. The molecule has 1 fully saturated rings. The first-order chi connectivity index (χ1) is 11.6. The van der Waals surface area contributed by atoms with Crippen molar-refractivity contribution in [1.29, 1.82) is 0 Å². The second-order valence-corrected chi connectivity index (χ2v) is 6.68. The van der Waals surface area contributed by atoms with E-state index in [1.54, 1.807) is 18.3 Å². The maximum atomic E-state index is 13.7. The van der Waals surface area contributed by atoms with E-state index in [2.05, 4.69) is 26.2 Å². The Balaban J connectivity index is 1.58. The maximum Gasteiger partial charge on any atom is 0.309 e. The van der Waals surface area contributed by atoms with E-state index in [9.17, 15) is 9.18 Å². The number of aromatic nitrogens is 1. The van der Waals surface area contributed by atoms with Gasteiger partial charge in [0.15, 0.2) is 0 Å². The quantitative estimate of drug-likeness (QED) is 0.746. The van der Waals surface area contributed by atoms with Crippen molar-refractivity contribution in [3.8, 4) is 0 Å². The molecule has 2 atom stereocenters. The van der Waals surface area contributed by atoms with Crippen LogP contribution in [0.5, 0.6) is 0 Å². The van der Waals surface area contributed by atoms with Crippen molar-refractivity contribution >= 4 is 27.6 Å². The molecule has 1 aromatic heterocycles. The standard InChI is InChI=1S/C18H18BrFN2O2/c1-2-24-18(23)15-8-14(15)17-6-4-13(10-22-17)21-9-11-7-12(19)3-5-16(11)20/h3-7,10,14-15,21H,2,8-9H2,1H3/t14-,15-/m1/s1. The summed E-state index contributed by atoms with van der Waals surface area (Å²) in [4.78, 5) is 16.1. The van der Waals surface area contributed by atoms with Gasteiger partial charge in [-0.1, -0.05) is 15.9 Å². The van der Waals surface area contributed by atoms with Crippen molar-refractivity contribution in [3.63, 3.8) is 0 Å². The van der Waals surface area contributed by atoms with E-state index >= 15 is 0 Å². The number of benzene rings is 1. The van der Waals surface area contributed by atoms with Crippen molar-refractivity contribution in [2.24, 2.45) is 5.92 Å². The number of rotatable bonds is 6. The van der Waals surface area contributed by atoms with Gasteiger partial charge in [0.05, 0.1) is 24.4 Å². The number of pyridine rings is 1. The van der Waals surface area contributed by atoms with Gasteiger partial charge in [-0.05, 0) is 43.7 Å². The average molecular weight is 393 g/mol. The molecule has 0 aliphatic heterocycles. The van der Waals surface area contributed by atoms with Gasteiger partial charge in [-0.3, -0.25) is 9.78 Å². The van der Waals surface area contributed by atoms with Crippen LogP contribution in [-0.2, 0) is 16.1 Å². The first-order valence-electron chi connectivity index (χ1n) is 7.89. The number of esters is 1. The first kappa shape index (κ1) is 16.9. The van der Waals surface area contributed by atoms with Crippen molar-refractivity contribution in [1.82, 2.24) is 4.98 Å². The number of halogens is 2. The molecule has 1 saturated carbocycles. The Hall–Kier alpha value is -1.95. The first-order valence-corrected chi connectivity index (χ1v) is 8.68. The van der Waals surface area contributed by atoms with Crippen molar-refractivity contribution < 1.29 is 13.9 Å². The predicted octanol–water partition coefficient (Wildman–Crippen LogP) is 4.26. The van der Waals surface area contributed by atoms with Crippen molar-refractivity contribution in [3.05, 3.63) is 58.1 Å². The van der Waals surface area contributed by atoms with Gasteiger partial charge in [0.25, 0.3) is 0 Å². The molecule has 1 heterocycles. The summed E-state index contributed by atoms with van der Waals surface area (Å²) in [5.41, 5.74) is 2.29. The highest BCUT2D eigenvalue weighted by Gasteiger charge is 2.46. The monoisotopic (exact) mass is 392 g/mol. The number of nitrogens with one attached hydrogen (secondary N) is 1. The normalized spacial score (nSPS) is 19.0. The van der Waals surface area contributed by atoms with Crippen LogP contribution in [0.25, 0.3) is 0 Å². The number of carbonyl (C=O) groups is 1. The van der Waals surface area contributed by atoms with E-state index < -0.39 is 0 Å². The van der Waals surface area contributed by atoms with Gasteiger partial charge < -0.3 is 10.1 Å². The van der Waals surface area contributed by atoms with Crippen LogP contribution in [0.15, 0.2) is 41.0 Å². The van der Waals surface area contributed by atoms with Gasteiger partial charge in [-0.2, -0.15) is 0 Å². The smallest absolute Gasteiger partial charge is 0.309 e. The summed E-state index contributed by atoms with van der Waals surface area (Å²) in [6.07, 6.45) is 2.51. The fourth-order valence-corrected chi connectivity index (χ4v) is 3.05. The van der Waals surface area contributed by atoms with Crippen LogP contribution in [-0.4, -0.2) is 17.6 Å². The number of hydrogen-bond acceptors (Lipinski definition) is 4. The molecule has 0 radical (unpaired) electrons. The zero-order chi connectivity index (χ0) is 17.1. The third-order valence-corrected chi connectivity index (χ3v) is 4.53. The van der Waals surface area contributed by atoms with Gasteiger partial charge in [-0.15, -0.1) is 0 Å². The highest BCUT2D eigenvalue weighted by Crippen LogP contribution is 2.47. The molecule has 1 aromatic carbocycles. The topological polar surface area (TPSA) is 51.2 Å². The number of ether oxygens (including phenoxy) is 1. The maximum absolute atomic E-state index is 13.7. The number of hydrogen-bond donors (Lipinski definition) is 1. The zero-order valence-electron chi connectivity index (χ0n) is 13.3. The molecule has 2 aromatic rings. The van der Waals surface area contributed by atoms with Crippen LogP contribution in [0.2, 0.25) is 0 Å². The second kappa shape index (κ2) is 7.30. The van der Waals surface area contributed by atoms with Crippen LogP contribution in [0.4, 0.5) is 10.1 Å². The van der Waals surface area contributed by atoms with Crippen LogP contribution in [0, 0.1) is 11.7 Å². The van der Waals surface area contributed by atoms with Crippen LogP contribution in [0.3, 0.4) is 0 Å². The molecule has 126 valence electrons. The van der Waals surface area contributed by atoms with Crippen LogP contribution < -0.4 is 5.32 Å². The van der Waals surface area contributed by atoms with Gasteiger partial charge in [0.1, 0.15) is 5.82 Å². The Morgan fingerprint density at radius 2 is 2.25 bits per heavy atom. The lowest BCUT2D eigenvalue weighted by atomic mass is 10.2. The minimum atomic E-state index is -0.245. The van der Waals surface area contributed by atoms with E-state index in [1.807, 2.05) is 19.1 Å². The molecule has 1 aliphatic carbocycles. The molecule has 0 spiro atoms. The summed E-state index contributed by atoms with van der Waals surface area (Å²) >= 11 is 3.34. The number of carbonyl (C=O) groups excluding carboxylic acids is 1. The highest BCUT2D eigenvalue weighted by molar-refractivity contribution is 9.10. The van der Waals surface area contributed by atoms with Crippen molar-refractivity contribution in [2.45, 2.75) is 25.8 Å². The molecule has 4 nitrogen and oxygen atoms in total. The fourth-order valence-electron chi connectivity index (χ4n) is 2.64. The third-order valence-electron chi connectivity index (χ3n) is 4.04. The zero-order valence-corrected chi connectivity index (χ0v) is 14.8. The molecule has 24 heavy (non-hydrogen) atoms. The average Bonchev–Trinajstić information content (AvgIpc) is 3.37. The molecule has 0 amide bonds. The molecule has 0 unspecified atom stereocenters. The summed E-state index contributed by atoms with van der Waals surface area (Å²) in [5.74, 6) is -0.296. The molecule has 0 saturated heterocycles. The van der Waals surface area contributed by atoms with Gasteiger partial charge in [0.2, 0.25) is 0 Å². The minimum Gasteiger partial charge on any atom is -0.466 e. The summed E-state index contributed by atoms with van der Waals surface area (Å²) in [6, 6.07) is 8.66. The molecule has 6 heteroatoms.